The summed E-state index contributed by atoms with van der Waals surface area (Å²) in [5.74, 6) is -0.0681. The van der Waals surface area contributed by atoms with Crippen molar-refractivity contribution in [3.63, 3.8) is 0 Å². The molecule has 0 bridgehead atoms. The van der Waals surface area contributed by atoms with Crippen LogP contribution in [0.3, 0.4) is 0 Å². The van der Waals surface area contributed by atoms with Gasteiger partial charge in [-0.2, -0.15) is 4.31 Å². The van der Waals surface area contributed by atoms with Crippen LogP contribution in [0.15, 0.2) is 35.2 Å². The fourth-order valence-electron chi connectivity index (χ4n) is 2.83. The lowest BCUT2D eigenvalue weighted by Crippen LogP contribution is -2.41. The molecule has 9 heteroatoms. The Morgan fingerprint density at radius 1 is 1.19 bits per heavy atom. The van der Waals surface area contributed by atoms with Crippen molar-refractivity contribution in [3.8, 4) is 0 Å². The maximum atomic E-state index is 12.6. The van der Waals surface area contributed by atoms with Crippen LogP contribution in [-0.2, 0) is 14.8 Å². The summed E-state index contributed by atoms with van der Waals surface area (Å²) < 4.78 is 26.7. The van der Waals surface area contributed by atoms with E-state index < -0.39 is 10.0 Å². The van der Waals surface area contributed by atoms with E-state index in [1.165, 1.54) is 15.6 Å². The molecule has 1 N–H and O–H groups in total. The first-order valence-electron chi connectivity index (χ1n) is 8.57. The van der Waals surface area contributed by atoms with Crippen LogP contribution in [0.5, 0.6) is 0 Å². The van der Waals surface area contributed by atoms with Gasteiger partial charge in [0.2, 0.25) is 21.1 Å². The van der Waals surface area contributed by atoms with Crippen molar-refractivity contribution >= 4 is 32.4 Å². The lowest BCUT2D eigenvalue weighted by molar-refractivity contribution is -0.120. The lowest BCUT2D eigenvalue weighted by atomic mass is 9.97. The Balaban J connectivity index is 1.58. The number of hydrogen-bond donors (Lipinski definition) is 1. The fourth-order valence-corrected chi connectivity index (χ4v) is 5.07. The highest BCUT2D eigenvalue weighted by atomic mass is 32.2. The summed E-state index contributed by atoms with van der Waals surface area (Å²) in [6, 6.07) is 8.39. The van der Waals surface area contributed by atoms with Crippen LogP contribution in [0.2, 0.25) is 0 Å². The van der Waals surface area contributed by atoms with Crippen molar-refractivity contribution in [1.29, 1.82) is 0 Å². The van der Waals surface area contributed by atoms with E-state index in [4.69, 9.17) is 0 Å². The predicted octanol–water partition coefficient (Wildman–Crippen LogP) is 2.70. The quantitative estimate of drug-likeness (QED) is 0.842. The first-order valence-corrected chi connectivity index (χ1v) is 10.8. The van der Waals surface area contributed by atoms with E-state index in [0.717, 1.165) is 5.01 Å². The van der Waals surface area contributed by atoms with Crippen LogP contribution in [0.25, 0.3) is 0 Å². The second-order valence-electron chi connectivity index (χ2n) is 6.58. The van der Waals surface area contributed by atoms with E-state index in [2.05, 4.69) is 15.5 Å². The number of amides is 1. The highest BCUT2D eigenvalue weighted by Crippen LogP contribution is 2.26. The summed E-state index contributed by atoms with van der Waals surface area (Å²) in [5, 5.41) is 12.2. The maximum Gasteiger partial charge on any atom is 0.243 e. The smallest absolute Gasteiger partial charge is 0.243 e. The van der Waals surface area contributed by atoms with Gasteiger partial charge in [-0.05, 0) is 25.0 Å². The summed E-state index contributed by atoms with van der Waals surface area (Å²) in [4.78, 5) is 12.7. The monoisotopic (exact) mass is 394 g/mol. The molecule has 1 saturated heterocycles. The number of benzene rings is 1. The number of hydrogen-bond acceptors (Lipinski definition) is 6. The maximum absolute atomic E-state index is 12.6. The van der Waals surface area contributed by atoms with Crippen LogP contribution in [0.4, 0.5) is 5.13 Å². The van der Waals surface area contributed by atoms with Gasteiger partial charge in [0.25, 0.3) is 0 Å². The van der Waals surface area contributed by atoms with Gasteiger partial charge >= 0.3 is 0 Å². The second kappa shape index (κ2) is 7.81. The molecule has 140 valence electrons. The number of sulfonamides is 1. The molecular formula is C17H22N4O3S2. The SMILES string of the molecule is CC(C)c1nnc(NC(=O)C2CCN(S(=O)(=O)c3ccccc3)CC2)s1. The minimum absolute atomic E-state index is 0.117. The molecule has 2 heterocycles. The van der Waals surface area contributed by atoms with E-state index in [-0.39, 0.29) is 22.6 Å². The molecule has 1 amide bonds. The predicted molar refractivity (Wildman–Crippen MR) is 101 cm³/mol. The summed E-state index contributed by atoms with van der Waals surface area (Å²) in [6.07, 6.45) is 0.988. The van der Waals surface area contributed by atoms with Crippen LogP contribution < -0.4 is 5.32 Å². The highest BCUT2D eigenvalue weighted by Gasteiger charge is 2.32. The van der Waals surface area contributed by atoms with Crippen molar-refractivity contribution < 1.29 is 13.2 Å². The van der Waals surface area contributed by atoms with Crippen molar-refractivity contribution in [2.75, 3.05) is 18.4 Å². The Morgan fingerprint density at radius 2 is 1.85 bits per heavy atom. The molecule has 26 heavy (non-hydrogen) atoms. The van der Waals surface area contributed by atoms with Crippen molar-refractivity contribution in [1.82, 2.24) is 14.5 Å². The molecule has 1 aromatic heterocycles. The summed E-state index contributed by atoms with van der Waals surface area (Å²) >= 11 is 1.37. The van der Waals surface area contributed by atoms with Gasteiger partial charge in [-0.1, -0.05) is 43.4 Å². The first kappa shape index (κ1) is 18.9. The van der Waals surface area contributed by atoms with Gasteiger partial charge in [-0.15, -0.1) is 10.2 Å². The summed E-state index contributed by atoms with van der Waals surface area (Å²) in [5.41, 5.74) is 0. The molecule has 0 spiro atoms. The molecule has 0 unspecified atom stereocenters. The molecule has 0 saturated carbocycles. The Kier molecular flexibility index (Phi) is 5.69. The van der Waals surface area contributed by atoms with E-state index in [1.807, 2.05) is 13.8 Å². The summed E-state index contributed by atoms with van der Waals surface area (Å²) in [7, 11) is -3.49. The molecule has 2 aromatic rings. The highest BCUT2D eigenvalue weighted by molar-refractivity contribution is 7.89. The summed E-state index contributed by atoms with van der Waals surface area (Å²) in [6.45, 7) is 4.72. The van der Waals surface area contributed by atoms with Crippen molar-refractivity contribution in [2.45, 2.75) is 37.5 Å². The van der Waals surface area contributed by atoms with Gasteiger partial charge in [-0.3, -0.25) is 4.79 Å². The normalized spacial score (nSPS) is 16.7. The number of nitrogens with zero attached hydrogens (tertiary/aromatic N) is 3. The Labute approximate surface area is 157 Å². The van der Waals surface area contributed by atoms with Crippen LogP contribution in [-0.4, -0.2) is 41.9 Å². The third-order valence-electron chi connectivity index (χ3n) is 4.37. The molecule has 1 fully saturated rings. The molecule has 1 aliphatic heterocycles. The Morgan fingerprint density at radius 3 is 2.42 bits per heavy atom. The molecule has 0 radical (unpaired) electrons. The van der Waals surface area contributed by atoms with E-state index in [0.29, 0.717) is 31.1 Å². The Hall–Kier alpha value is -1.84. The molecular weight excluding hydrogens is 372 g/mol. The number of rotatable bonds is 5. The minimum atomic E-state index is -3.49. The average Bonchev–Trinajstić information content (AvgIpc) is 3.11. The number of piperidine rings is 1. The van der Waals surface area contributed by atoms with Crippen molar-refractivity contribution in [2.24, 2.45) is 5.92 Å². The van der Waals surface area contributed by atoms with E-state index >= 15 is 0 Å². The molecule has 7 nitrogen and oxygen atoms in total. The van der Waals surface area contributed by atoms with Crippen LogP contribution in [0.1, 0.15) is 37.6 Å². The van der Waals surface area contributed by atoms with Gasteiger partial charge in [0.15, 0.2) is 0 Å². The molecule has 0 aliphatic carbocycles. The fraction of sp³-hybridized carbons (Fsp3) is 0.471. The van der Waals surface area contributed by atoms with Crippen LogP contribution in [0, 0.1) is 5.92 Å². The lowest BCUT2D eigenvalue weighted by Gasteiger charge is -2.30. The third kappa shape index (κ3) is 4.11. The zero-order chi connectivity index (χ0) is 18.7. The molecule has 1 aromatic carbocycles. The molecule has 1 aliphatic rings. The van der Waals surface area contributed by atoms with Gasteiger partial charge in [0, 0.05) is 24.9 Å². The Bertz CT molecular complexity index is 857. The standard InChI is InChI=1S/C17H22N4O3S2/c1-12(2)16-19-20-17(25-16)18-15(22)13-8-10-21(11-9-13)26(23,24)14-6-4-3-5-7-14/h3-7,12-13H,8-11H2,1-2H3,(H,18,20,22). The number of aromatic nitrogens is 2. The minimum Gasteiger partial charge on any atom is -0.300 e. The largest absolute Gasteiger partial charge is 0.300 e. The number of carbonyl (C=O) groups is 1. The zero-order valence-corrected chi connectivity index (χ0v) is 16.4. The van der Waals surface area contributed by atoms with E-state index in [9.17, 15) is 13.2 Å². The van der Waals surface area contributed by atoms with Gasteiger partial charge in [0.1, 0.15) is 5.01 Å². The van der Waals surface area contributed by atoms with Gasteiger partial charge < -0.3 is 5.32 Å². The third-order valence-corrected chi connectivity index (χ3v) is 7.42. The number of carbonyl (C=O) groups excluding carboxylic acids is 1. The van der Waals surface area contributed by atoms with Gasteiger partial charge in [0.05, 0.1) is 4.90 Å². The van der Waals surface area contributed by atoms with Crippen LogP contribution >= 0.6 is 11.3 Å². The zero-order valence-electron chi connectivity index (χ0n) is 14.8. The topological polar surface area (TPSA) is 92.3 Å². The van der Waals surface area contributed by atoms with Gasteiger partial charge in [-0.25, -0.2) is 8.42 Å². The first-order chi connectivity index (χ1) is 12.4. The number of nitrogens with one attached hydrogen (secondary N) is 1. The number of anilines is 1. The van der Waals surface area contributed by atoms with Crippen molar-refractivity contribution in [3.05, 3.63) is 35.3 Å². The molecule has 3 rings (SSSR count). The van der Waals surface area contributed by atoms with E-state index in [1.54, 1.807) is 30.3 Å². The molecule has 0 atom stereocenters. The second-order valence-corrected chi connectivity index (χ2v) is 9.53. The average molecular weight is 395 g/mol.